The van der Waals surface area contributed by atoms with E-state index >= 15 is 0 Å². The molecule has 1 aromatic heterocycles. The lowest BCUT2D eigenvalue weighted by Crippen LogP contribution is -2.10. The van der Waals surface area contributed by atoms with Crippen molar-refractivity contribution in [1.29, 1.82) is 0 Å². The lowest BCUT2D eigenvalue weighted by molar-refractivity contribution is 0.109. The van der Waals surface area contributed by atoms with Crippen LogP contribution in [0, 0.1) is 13.8 Å². The van der Waals surface area contributed by atoms with Crippen LogP contribution in [0.2, 0.25) is 5.02 Å². The maximum atomic E-state index is 12.7. The lowest BCUT2D eigenvalue weighted by atomic mass is 10.1. The van der Waals surface area contributed by atoms with Crippen molar-refractivity contribution in [3.8, 4) is 17.2 Å². The van der Waals surface area contributed by atoms with E-state index in [2.05, 4.69) is 6.58 Å². The van der Waals surface area contributed by atoms with E-state index in [1.54, 1.807) is 12.1 Å². The smallest absolute Gasteiger partial charge is 0.460 e. The largest absolute Gasteiger partial charge is 0.514 e. The molecule has 7 heteroatoms. The van der Waals surface area contributed by atoms with Crippen molar-refractivity contribution >= 4 is 28.7 Å². The molecule has 28 heavy (non-hydrogen) atoms. The average molecular weight is 401 g/mol. The molecule has 2 aromatic carbocycles. The minimum Gasteiger partial charge on any atom is -0.460 e. The van der Waals surface area contributed by atoms with Crippen LogP contribution in [-0.4, -0.2) is 12.8 Å². The molecule has 144 valence electrons. The quantitative estimate of drug-likeness (QED) is 0.317. The molecule has 0 radical (unpaired) electrons. The first-order valence-electron chi connectivity index (χ1n) is 8.34. The number of rotatable bonds is 5. The molecular formula is C21H17ClO6. The third-order valence-electron chi connectivity index (χ3n) is 3.87. The second kappa shape index (κ2) is 8.19. The summed E-state index contributed by atoms with van der Waals surface area (Å²) in [5.74, 6) is 0.700. The molecule has 0 aliphatic rings. The fourth-order valence-electron chi connectivity index (χ4n) is 2.57. The van der Waals surface area contributed by atoms with E-state index in [0.717, 1.165) is 11.1 Å². The Morgan fingerprint density at radius 2 is 1.89 bits per heavy atom. The van der Waals surface area contributed by atoms with Crippen molar-refractivity contribution in [2.75, 3.05) is 6.61 Å². The minimum absolute atomic E-state index is 0.0336. The van der Waals surface area contributed by atoms with Crippen LogP contribution in [0.1, 0.15) is 11.1 Å². The van der Waals surface area contributed by atoms with Crippen LogP contribution in [0.3, 0.4) is 0 Å². The average Bonchev–Trinajstić information content (AvgIpc) is 2.66. The molecular weight excluding hydrogens is 384 g/mol. The Kier molecular flexibility index (Phi) is 5.70. The van der Waals surface area contributed by atoms with Gasteiger partial charge in [0.25, 0.3) is 0 Å². The van der Waals surface area contributed by atoms with Gasteiger partial charge in [0, 0.05) is 11.1 Å². The number of carbonyl (C=O) groups excluding carboxylic acids is 1. The van der Waals surface area contributed by atoms with Gasteiger partial charge in [0.15, 0.2) is 0 Å². The molecule has 0 N–H and O–H groups in total. The minimum atomic E-state index is -0.880. The Morgan fingerprint density at radius 1 is 1.18 bits per heavy atom. The first-order chi connectivity index (χ1) is 13.4. The van der Waals surface area contributed by atoms with E-state index in [4.69, 9.17) is 30.2 Å². The third-order valence-corrected chi connectivity index (χ3v) is 4.47. The molecule has 0 saturated heterocycles. The Labute approximate surface area is 165 Å². The van der Waals surface area contributed by atoms with Crippen molar-refractivity contribution in [3.63, 3.8) is 0 Å². The third kappa shape index (κ3) is 4.18. The number of hydrogen-bond acceptors (Lipinski definition) is 6. The summed E-state index contributed by atoms with van der Waals surface area (Å²) in [5.41, 5.74) is 1.57. The van der Waals surface area contributed by atoms with Gasteiger partial charge >= 0.3 is 6.16 Å². The fraction of sp³-hybridized carbons (Fsp3) is 0.143. The van der Waals surface area contributed by atoms with Crippen LogP contribution in [0.15, 0.2) is 58.5 Å². The zero-order valence-corrected chi connectivity index (χ0v) is 16.0. The molecule has 0 bridgehead atoms. The Balaban J connectivity index is 1.87. The number of carbonyl (C=O) groups is 1. The molecule has 0 saturated carbocycles. The SMILES string of the molecule is C=CCOC(=O)Oc1ccc2c(=O)c(Oc3cc(C)c(Cl)c(C)c3)coc2c1. The Bertz CT molecular complexity index is 1090. The van der Waals surface area contributed by atoms with Crippen molar-refractivity contribution in [1.82, 2.24) is 0 Å². The summed E-state index contributed by atoms with van der Waals surface area (Å²) < 4.78 is 20.9. The molecule has 0 spiro atoms. The van der Waals surface area contributed by atoms with Crippen LogP contribution >= 0.6 is 11.6 Å². The van der Waals surface area contributed by atoms with Crippen LogP contribution in [0.25, 0.3) is 11.0 Å². The predicted octanol–water partition coefficient (Wildman–Crippen LogP) is 5.56. The highest BCUT2D eigenvalue weighted by atomic mass is 35.5. The van der Waals surface area contributed by atoms with Crippen molar-refractivity contribution in [2.24, 2.45) is 0 Å². The molecule has 6 nitrogen and oxygen atoms in total. The predicted molar refractivity (Wildman–Crippen MR) is 106 cm³/mol. The van der Waals surface area contributed by atoms with Gasteiger partial charge in [0.1, 0.15) is 30.0 Å². The Hall–Kier alpha value is -3.25. The maximum Gasteiger partial charge on any atom is 0.514 e. The zero-order valence-electron chi connectivity index (χ0n) is 15.3. The maximum absolute atomic E-state index is 12.7. The van der Waals surface area contributed by atoms with Crippen molar-refractivity contribution < 1.29 is 23.4 Å². The normalized spacial score (nSPS) is 10.5. The molecule has 0 unspecified atom stereocenters. The summed E-state index contributed by atoms with van der Waals surface area (Å²) in [5, 5.41) is 0.934. The number of aryl methyl sites for hydroxylation is 2. The first kappa shape index (κ1) is 19.5. The highest BCUT2D eigenvalue weighted by Crippen LogP contribution is 2.29. The van der Waals surface area contributed by atoms with Crippen LogP contribution < -0.4 is 14.9 Å². The standard InChI is InChI=1S/C21H17ClO6/c1-4-7-25-21(24)28-14-5-6-16-17(10-14)26-11-18(20(16)23)27-15-8-12(2)19(22)13(3)9-15/h4-6,8-11H,1,7H2,2-3H3. The van der Waals surface area contributed by atoms with E-state index in [9.17, 15) is 9.59 Å². The number of benzene rings is 2. The van der Waals surface area contributed by atoms with Gasteiger partial charge in [0.05, 0.1) is 5.39 Å². The first-order valence-corrected chi connectivity index (χ1v) is 8.72. The van der Waals surface area contributed by atoms with Gasteiger partial charge in [-0.15, -0.1) is 0 Å². The van der Waals surface area contributed by atoms with E-state index in [1.165, 1.54) is 30.5 Å². The van der Waals surface area contributed by atoms with Crippen molar-refractivity contribution in [2.45, 2.75) is 13.8 Å². The highest BCUT2D eigenvalue weighted by Gasteiger charge is 2.13. The van der Waals surface area contributed by atoms with Gasteiger partial charge in [-0.25, -0.2) is 4.79 Å². The van der Waals surface area contributed by atoms with Crippen LogP contribution in [0.4, 0.5) is 4.79 Å². The molecule has 1 heterocycles. The fourth-order valence-corrected chi connectivity index (χ4v) is 2.68. The van der Waals surface area contributed by atoms with E-state index in [-0.39, 0.29) is 34.5 Å². The number of fused-ring (bicyclic) bond motifs is 1. The molecule has 0 aliphatic carbocycles. The number of hydrogen-bond donors (Lipinski definition) is 0. The summed E-state index contributed by atoms with van der Waals surface area (Å²) in [6, 6.07) is 7.86. The lowest BCUT2D eigenvalue weighted by Gasteiger charge is -2.10. The van der Waals surface area contributed by atoms with E-state index in [1.807, 2.05) is 13.8 Å². The number of halogens is 1. The van der Waals surface area contributed by atoms with Crippen molar-refractivity contribution in [3.05, 3.63) is 75.6 Å². The second-order valence-corrected chi connectivity index (χ2v) is 6.39. The molecule has 0 fully saturated rings. The van der Waals surface area contributed by atoms with E-state index < -0.39 is 6.16 Å². The van der Waals surface area contributed by atoms with Gasteiger partial charge in [-0.2, -0.15) is 0 Å². The monoisotopic (exact) mass is 400 g/mol. The van der Waals surface area contributed by atoms with Crippen LogP contribution in [-0.2, 0) is 4.74 Å². The summed E-state index contributed by atoms with van der Waals surface area (Å²) in [6.07, 6.45) is 1.75. The molecule has 3 aromatic rings. The molecule has 3 rings (SSSR count). The zero-order chi connectivity index (χ0) is 20.3. The highest BCUT2D eigenvalue weighted by molar-refractivity contribution is 6.32. The summed E-state index contributed by atoms with van der Waals surface area (Å²) in [7, 11) is 0. The van der Waals surface area contributed by atoms with E-state index in [0.29, 0.717) is 10.8 Å². The topological polar surface area (TPSA) is 75.0 Å². The van der Waals surface area contributed by atoms with Gasteiger partial charge in [0.2, 0.25) is 11.2 Å². The second-order valence-electron chi connectivity index (χ2n) is 6.01. The summed E-state index contributed by atoms with van der Waals surface area (Å²) in [6.45, 7) is 7.18. The van der Waals surface area contributed by atoms with Crippen LogP contribution in [0.5, 0.6) is 17.2 Å². The number of ether oxygens (including phenoxy) is 3. The summed E-state index contributed by atoms with van der Waals surface area (Å²) in [4.78, 5) is 24.2. The van der Waals surface area contributed by atoms with Gasteiger partial charge in [-0.1, -0.05) is 24.3 Å². The van der Waals surface area contributed by atoms with Gasteiger partial charge < -0.3 is 18.6 Å². The Morgan fingerprint density at radius 3 is 2.57 bits per heavy atom. The molecule has 0 atom stereocenters. The summed E-state index contributed by atoms with van der Waals surface area (Å²) >= 11 is 6.16. The van der Waals surface area contributed by atoms with Gasteiger partial charge in [-0.3, -0.25) is 4.79 Å². The van der Waals surface area contributed by atoms with Gasteiger partial charge in [-0.05, 0) is 49.2 Å². The molecule has 0 amide bonds. The molecule has 0 aliphatic heterocycles.